The number of amides is 1. The van der Waals surface area contributed by atoms with Gasteiger partial charge in [0.2, 0.25) is 0 Å². The maximum atomic E-state index is 12.3. The lowest BCUT2D eigenvalue weighted by Gasteiger charge is -2.47. The van der Waals surface area contributed by atoms with E-state index < -0.39 is 29.3 Å². The van der Waals surface area contributed by atoms with Crippen LogP contribution >= 0.6 is 11.8 Å². The standard InChI is InChI=1S/C22H21N5O2S/c1-3-29-21(28)27-9-8-16-17(10-23)20(26)22(12-24,13-25)19(18(16)11-27)14-4-6-15(30-2)7-5-14/h4-8,17-19,26H,3,9,11H2,1-2H3/t17?,18-,19+/m1/s1. The van der Waals surface area contributed by atoms with E-state index in [2.05, 4.69) is 18.2 Å². The molecule has 0 saturated heterocycles. The SMILES string of the molecule is CCOC(=O)N1CC=C2C(C#N)C(=N)C(C#N)(C#N)[C@@H](c3ccc(SC)cc3)[C@@H]2C1. The first-order valence-electron chi connectivity index (χ1n) is 9.54. The Bertz CT molecular complexity index is 998. The summed E-state index contributed by atoms with van der Waals surface area (Å²) >= 11 is 1.58. The van der Waals surface area contributed by atoms with Crippen molar-refractivity contribution in [1.29, 1.82) is 21.2 Å². The number of nitrogens with zero attached hydrogens (tertiary/aromatic N) is 4. The second-order valence-electron chi connectivity index (χ2n) is 7.17. The predicted octanol–water partition coefficient (Wildman–Crippen LogP) is 3.71. The Morgan fingerprint density at radius 1 is 1.30 bits per heavy atom. The van der Waals surface area contributed by atoms with E-state index in [-0.39, 0.29) is 25.4 Å². The van der Waals surface area contributed by atoms with Crippen LogP contribution in [0, 0.1) is 56.7 Å². The Labute approximate surface area is 180 Å². The molecule has 0 bridgehead atoms. The van der Waals surface area contributed by atoms with Crippen LogP contribution in [0.25, 0.3) is 0 Å². The number of nitrogens with one attached hydrogen (secondary N) is 1. The summed E-state index contributed by atoms with van der Waals surface area (Å²) in [5, 5.41) is 38.5. The van der Waals surface area contributed by atoms with Crippen molar-refractivity contribution in [2.24, 2.45) is 17.3 Å². The molecular weight excluding hydrogens is 398 g/mol. The van der Waals surface area contributed by atoms with Gasteiger partial charge in [0.25, 0.3) is 0 Å². The van der Waals surface area contributed by atoms with E-state index in [0.29, 0.717) is 5.57 Å². The summed E-state index contributed by atoms with van der Waals surface area (Å²) in [6, 6.07) is 13.8. The first-order valence-corrected chi connectivity index (χ1v) is 10.8. The molecule has 1 aromatic rings. The van der Waals surface area contributed by atoms with Gasteiger partial charge in [-0.25, -0.2) is 4.79 Å². The smallest absolute Gasteiger partial charge is 0.410 e. The van der Waals surface area contributed by atoms with Crippen molar-refractivity contribution < 1.29 is 9.53 Å². The maximum Gasteiger partial charge on any atom is 0.410 e. The molecule has 1 N–H and O–H groups in total. The Morgan fingerprint density at radius 2 is 1.97 bits per heavy atom. The third-order valence-corrected chi connectivity index (χ3v) is 6.53. The Morgan fingerprint density at radius 3 is 2.50 bits per heavy atom. The number of thioether (sulfide) groups is 1. The first-order chi connectivity index (χ1) is 14.5. The van der Waals surface area contributed by atoms with E-state index >= 15 is 0 Å². The lowest BCUT2D eigenvalue weighted by Crippen LogP contribution is -2.53. The van der Waals surface area contributed by atoms with Crippen LogP contribution in [-0.4, -0.2) is 42.7 Å². The highest BCUT2D eigenvalue weighted by Gasteiger charge is 2.58. The molecule has 152 valence electrons. The van der Waals surface area contributed by atoms with Gasteiger partial charge in [0, 0.05) is 29.8 Å². The van der Waals surface area contributed by atoms with E-state index in [4.69, 9.17) is 10.1 Å². The molecule has 0 aromatic heterocycles. The minimum absolute atomic E-state index is 0.193. The van der Waals surface area contributed by atoms with Gasteiger partial charge in [-0.2, -0.15) is 15.8 Å². The molecule has 1 heterocycles. The molecule has 1 aromatic carbocycles. The molecule has 3 atom stereocenters. The predicted molar refractivity (Wildman–Crippen MR) is 112 cm³/mol. The fraction of sp³-hybridized carbons (Fsp3) is 0.409. The van der Waals surface area contributed by atoms with Crippen molar-refractivity contribution in [3.05, 3.63) is 41.5 Å². The summed E-state index contributed by atoms with van der Waals surface area (Å²) in [5.74, 6) is -2.08. The topological polar surface area (TPSA) is 125 Å². The highest BCUT2D eigenvalue weighted by Crippen LogP contribution is 2.53. The fourth-order valence-corrected chi connectivity index (χ4v) is 4.77. The molecule has 1 saturated carbocycles. The number of nitriles is 3. The number of fused-ring (bicyclic) bond motifs is 1. The number of hydrogen-bond acceptors (Lipinski definition) is 7. The molecule has 1 unspecified atom stereocenters. The molecule has 30 heavy (non-hydrogen) atoms. The number of carbonyl (C=O) groups excluding carboxylic acids is 1. The molecule has 8 heteroatoms. The molecule has 7 nitrogen and oxygen atoms in total. The average molecular weight is 420 g/mol. The summed E-state index contributed by atoms with van der Waals surface area (Å²) < 4.78 is 5.13. The summed E-state index contributed by atoms with van der Waals surface area (Å²) in [7, 11) is 0. The van der Waals surface area contributed by atoms with E-state index in [1.54, 1.807) is 24.8 Å². The maximum absolute atomic E-state index is 12.3. The number of carbonyl (C=O) groups is 1. The molecule has 0 spiro atoms. The van der Waals surface area contributed by atoms with Gasteiger partial charge in [-0.1, -0.05) is 18.2 Å². The van der Waals surface area contributed by atoms with Gasteiger partial charge >= 0.3 is 6.09 Å². The average Bonchev–Trinajstić information content (AvgIpc) is 2.78. The van der Waals surface area contributed by atoms with Crippen LogP contribution in [0.15, 0.2) is 40.8 Å². The van der Waals surface area contributed by atoms with E-state index in [1.165, 1.54) is 4.90 Å². The Kier molecular flexibility index (Phi) is 6.15. The number of benzene rings is 1. The van der Waals surface area contributed by atoms with Crippen LogP contribution in [0.3, 0.4) is 0 Å². The van der Waals surface area contributed by atoms with Crippen molar-refractivity contribution >= 4 is 23.6 Å². The largest absolute Gasteiger partial charge is 0.450 e. The fourth-order valence-electron chi connectivity index (χ4n) is 4.36. The van der Waals surface area contributed by atoms with Crippen molar-refractivity contribution in [1.82, 2.24) is 4.90 Å². The summed E-state index contributed by atoms with van der Waals surface area (Å²) in [6.45, 7) is 2.45. The van der Waals surface area contributed by atoms with Gasteiger partial charge in [0.05, 0.1) is 30.5 Å². The summed E-state index contributed by atoms with van der Waals surface area (Å²) in [5.41, 5.74) is -0.552. The highest BCUT2D eigenvalue weighted by molar-refractivity contribution is 7.98. The molecule has 1 aliphatic heterocycles. The van der Waals surface area contributed by atoms with Gasteiger partial charge in [-0.05, 0) is 36.4 Å². The van der Waals surface area contributed by atoms with Gasteiger partial charge in [-0.15, -0.1) is 11.8 Å². The van der Waals surface area contributed by atoms with E-state index in [1.807, 2.05) is 30.5 Å². The second kappa shape index (κ2) is 8.61. The van der Waals surface area contributed by atoms with Crippen molar-refractivity contribution in [2.75, 3.05) is 26.0 Å². The van der Waals surface area contributed by atoms with Crippen molar-refractivity contribution in [2.45, 2.75) is 17.7 Å². The molecule has 1 amide bonds. The molecule has 2 aliphatic rings. The molecule has 1 fully saturated rings. The Balaban J connectivity index is 2.17. The minimum Gasteiger partial charge on any atom is -0.450 e. The lowest BCUT2D eigenvalue weighted by atomic mass is 9.54. The van der Waals surface area contributed by atoms with Crippen molar-refractivity contribution in [3.8, 4) is 18.2 Å². The summed E-state index contributed by atoms with van der Waals surface area (Å²) in [4.78, 5) is 14.9. The van der Waals surface area contributed by atoms with Crippen LogP contribution < -0.4 is 0 Å². The highest BCUT2D eigenvalue weighted by atomic mass is 32.2. The van der Waals surface area contributed by atoms with Crippen LogP contribution in [0.4, 0.5) is 4.79 Å². The van der Waals surface area contributed by atoms with Crippen LogP contribution in [0.1, 0.15) is 18.4 Å². The molecule has 0 radical (unpaired) electrons. The monoisotopic (exact) mass is 419 g/mol. The third kappa shape index (κ3) is 3.32. The lowest BCUT2D eigenvalue weighted by molar-refractivity contribution is 0.0992. The zero-order valence-electron chi connectivity index (χ0n) is 16.8. The quantitative estimate of drug-likeness (QED) is 0.588. The second-order valence-corrected chi connectivity index (χ2v) is 8.05. The number of ether oxygens (including phenoxy) is 1. The van der Waals surface area contributed by atoms with Gasteiger partial charge < -0.3 is 15.0 Å². The summed E-state index contributed by atoms with van der Waals surface area (Å²) in [6.07, 6.45) is 3.25. The molecular formula is C22H21N5O2S. The number of rotatable bonds is 3. The van der Waals surface area contributed by atoms with Gasteiger partial charge in [0.15, 0.2) is 5.41 Å². The van der Waals surface area contributed by atoms with Crippen LogP contribution in [0.5, 0.6) is 0 Å². The van der Waals surface area contributed by atoms with Crippen LogP contribution in [-0.2, 0) is 4.74 Å². The van der Waals surface area contributed by atoms with Crippen LogP contribution in [0.2, 0.25) is 0 Å². The van der Waals surface area contributed by atoms with E-state index in [9.17, 15) is 20.6 Å². The van der Waals surface area contributed by atoms with E-state index in [0.717, 1.165) is 10.5 Å². The normalized spacial score (nSPS) is 24.5. The minimum atomic E-state index is -1.79. The van der Waals surface area contributed by atoms with Gasteiger partial charge in [0.1, 0.15) is 5.92 Å². The Hall–Kier alpha value is -3.28. The van der Waals surface area contributed by atoms with Gasteiger partial charge in [-0.3, -0.25) is 0 Å². The number of hydrogen-bond donors (Lipinski definition) is 1. The molecule has 1 aliphatic carbocycles. The third-order valence-electron chi connectivity index (χ3n) is 5.79. The molecule has 3 rings (SSSR count). The zero-order valence-corrected chi connectivity index (χ0v) is 17.6. The zero-order chi connectivity index (χ0) is 21.9. The van der Waals surface area contributed by atoms with Crippen molar-refractivity contribution in [3.63, 3.8) is 0 Å². The first kappa shape index (κ1) is 21.4.